The van der Waals surface area contributed by atoms with Gasteiger partial charge in [-0.15, -0.1) is 0 Å². The van der Waals surface area contributed by atoms with Gasteiger partial charge in [-0.3, -0.25) is 4.79 Å². The summed E-state index contributed by atoms with van der Waals surface area (Å²) in [6, 6.07) is 5.71. The van der Waals surface area contributed by atoms with Crippen LogP contribution in [0.1, 0.15) is 56.9 Å². The van der Waals surface area contributed by atoms with Gasteiger partial charge in [-0.25, -0.2) is 8.42 Å². The minimum Gasteiger partial charge on any atom is -0.495 e. The summed E-state index contributed by atoms with van der Waals surface area (Å²) >= 11 is 6.04. The molecule has 218 valence electrons. The van der Waals surface area contributed by atoms with Gasteiger partial charge in [0.25, 0.3) is 5.92 Å². The first-order valence-corrected chi connectivity index (χ1v) is 15.4. The van der Waals surface area contributed by atoms with E-state index >= 15 is 8.78 Å². The quantitative estimate of drug-likeness (QED) is 0.437. The minimum absolute atomic E-state index is 0.0187. The topological polar surface area (TPSA) is 111 Å². The Balaban J connectivity index is 1.46. The van der Waals surface area contributed by atoms with E-state index in [4.69, 9.17) is 26.8 Å². The number of carbonyl (C=O) groups excluding carboxylic acids is 1. The standard InChI is InChI=1S/C28H34ClF2N3O5S/c1-38-25-14-17(6-13-24(25)29)28(30,31)26(27(35)34-19-7-8-20(34)16-18(32)15-19)33-40(36,37)23-11-9-22(10-12-23)39-21-4-2-3-5-21/h6,9-14,18-21,26,33H,2-5,7-8,15-16,32H2,1H3. The lowest BCUT2D eigenvalue weighted by molar-refractivity contribution is -0.149. The number of nitrogens with one attached hydrogen (secondary N) is 1. The molecule has 5 rings (SSSR count). The van der Waals surface area contributed by atoms with Gasteiger partial charge in [0.15, 0.2) is 6.04 Å². The van der Waals surface area contributed by atoms with Crippen LogP contribution in [0.15, 0.2) is 47.4 Å². The van der Waals surface area contributed by atoms with Gasteiger partial charge in [0, 0.05) is 23.7 Å². The van der Waals surface area contributed by atoms with Crippen molar-refractivity contribution in [3.05, 3.63) is 53.1 Å². The van der Waals surface area contributed by atoms with Crippen LogP contribution in [0, 0.1) is 0 Å². The summed E-state index contributed by atoms with van der Waals surface area (Å²) in [6.07, 6.45) is 6.31. The highest BCUT2D eigenvalue weighted by molar-refractivity contribution is 7.89. The maximum atomic E-state index is 16.2. The molecule has 2 aliphatic heterocycles. The van der Waals surface area contributed by atoms with Crippen molar-refractivity contribution in [2.24, 2.45) is 5.73 Å². The molecule has 0 aromatic heterocycles. The van der Waals surface area contributed by atoms with Crippen LogP contribution in [0.4, 0.5) is 8.78 Å². The van der Waals surface area contributed by atoms with E-state index in [9.17, 15) is 13.2 Å². The molecule has 3 unspecified atom stereocenters. The molecule has 2 heterocycles. The molecule has 2 saturated heterocycles. The monoisotopic (exact) mass is 597 g/mol. The number of carbonyl (C=O) groups is 1. The van der Waals surface area contributed by atoms with Crippen LogP contribution in [-0.2, 0) is 20.7 Å². The molecule has 3 N–H and O–H groups in total. The second-order valence-corrected chi connectivity index (χ2v) is 13.0. The average molecular weight is 598 g/mol. The number of ether oxygens (including phenoxy) is 2. The third kappa shape index (κ3) is 5.79. The van der Waals surface area contributed by atoms with Crippen molar-refractivity contribution in [3.8, 4) is 11.5 Å². The zero-order chi connectivity index (χ0) is 28.7. The Morgan fingerprint density at radius 3 is 2.30 bits per heavy atom. The Kier molecular flexibility index (Phi) is 8.29. The summed E-state index contributed by atoms with van der Waals surface area (Å²) in [4.78, 5) is 15.0. The number of piperidine rings is 1. The molecule has 2 aromatic rings. The van der Waals surface area contributed by atoms with Crippen molar-refractivity contribution >= 4 is 27.5 Å². The van der Waals surface area contributed by atoms with Gasteiger partial charge in [0.1, 0.15) is 11.5 Å². The van der Waals surface area contributed by atoms with Gasteiger partial charge >= 0.3 is 0 Å². The Labute approximate surface area is 238 Å². The third-order valence-electron chi connectivity index (χ3n) is 8.18. The number of nitrogens with zero attached hydrogens (tertiary/aromatic N) is 1. The zero-order valence-corrected chi connectivity index (χ0v) is 23.8. The molecular formula is C28H34ClF2N3O5S. The lowest BCUT2D eigenvalue weighted by atomic mass is 9.94. The number of alkyl halides is 2. The number of halogens is 3. The van der Waals surface area contributed by atoms with Crippen molar-refractivity contribution in [1.29, 1.82) is 0 Å². The molecule has 1 amide bonds. The van der Waals surface area contributed by atoms with Crippen LogP contribution >= 0.6 is 11.6 Å². The van der Waals surface area contributed by atoms with E-state index in [1.54, 1.807) is 0 Å². The predicted molar refractivity (Wildman–Crippen MR) is 146 cm³/mol. The number of sulfonamides is 1. The van der Waals surface area contributed by atoms with Gasteiger partial charge in [-0.05, 0) is 87.8 Å². The van der Waals surface area contributed by atoms with Crippen LogP contribution in [0.2, 0.25) is 5.02 Å². The Morgan fingerprint density at radius 1 is 1.07 bits per heavy atom. The molecule has 8 nitrogen and oxygen atoms in total. The lowest BCUT2D eigenvalue weighted by Gasteiger charge is -2.41. The maximum Gasteiger partial charge on any atom is 0.298 e. The normalized spacial score (nSPS) is 24.2. The fourth-order valence-electron chi connectivity index (χ4n) is 6.16. The van der Waals surface area contributed by atoms with Crippen LogP contribution in [0.5, 0.6) is 11.5 Å². The Morgan fingerprint density at radius 2 is 1.70 bits per heavy atom. The van der Waals surface area contributed by atoms with Crippen LogP contribution in [-0.4, -0.2) is 56.6 Å². The number of fused-ring (bicyclic) bond motifs is 2. The largest absolute Gasteiger partial charge is 0.495 e. The summed E-state index contributed by atoms with van der Waals surface area (Å²) in [5.41, 5.74) is 5.52. The summed E-state index contributed by atoms with van der Waals surface area (Å²) in [5.74, 6) is -4.44. The number of methoxy groups -OCH3 is 1. The number of amides is 1. The highest BCUT2D eigenvalue weighted by atomic mass is 35.5. The van der Waals surface area contributed by atoms with E-state index in [0.717, 1.165) is 37.8 Å². The van der Waals surface area contributed by atoms with E-state index in [2.05, 4.69) is 4.72 Å². The van der Waals surface area contributed by atoms with Crippen molar-refractivity contribution in [2.45, 2.75) is 92.5 Å². The molecule has 3 fully saturated rings. The maximum absolute atomic E-state index is 16.2. The summed E-state index contributed by atoms with van der Waals surface area (Å²) in [5, 5.41) is 0.105. The van der Waals surface area contributed by atoms with Gasteiger partial charge in [0.2, 0.25) is 15.9 Å². The molecule has 40 heavy (non-hydrogen) atoms. The van der Waals surface area contributed by atoms with Gasteiger partial charge in [-0.1, -0.05) is 17.7 Å². The SMILES string of the molecule is COc1cc(C(F)(F)C(NS(=O)(=O)c2ccc(OC3CCCC3)cc2)C(=O)N2C3CCC2CC(N)C3)ccc1Cl. The number of hydrogen-bond donors (Lipinski definition) is 2. The first-order valence-electron chi connectivity index (χ1n) is 13.6. The van der Waals surface area contributed by atoms with Gasteiger partial charge < -0.3 is 20.1 Å². The fraction of sp³-hybridized carbons (Fsp3) is 0.536. The average Bonchev–Trinajstić information content (AvgIpc) is 3.53. The third-order valence-corrected chi connectivity index (χ3v) is 9.93. The van der Waals surface area contributed by atoms with Crippen molar-refractivity contribution in [1.82, 2.24) is 9.62 Å². The first kappa shape index (κ1) is 29.0. The Hall–Kier alpha value is -2.47. The zero-order valence-electron chi connectivity index (χ0n) is 22.2. The second-order valence-electron chi connectivity index (χ2n) is 10.9. The van der Waals surface area contributed by atoms with Gasteiger partial charge in [0.05, 0.1) is 23.1 Å². The van der Waals surface area contributed by atoms with Crippen molar-refractivity contribution in [2.75, 3.05) is 7.11 Å². The molecule has 1 saturated carbocycles. The smallest absolute Gasteiger partial charge is 0.298 e. The Bertz CT molecular complexity index is 1320. The first-order chi connectivity index (χ1) is 19.0. The van der Waals surface area contributed by atoms with E-state index in [1.165, 1.54) is 42.3 Å². The lowest BCUT2D eigenvalue weighted by Crippen LogP contribution is -2.60. The highest BCUT2D eigenvalue weighted by Gasteiger charge is 2.53. The van der Waals surface area contributed by atoms with Crippen molar-refractivity contribution < 1.29 is 31.5 Å². The summed E-state index contributed by atoms with van der Waals surface area (Å²) in [6.45, 7) is 0. The highest BCUT2D eigenvalue weighted by Crippen LogP contribution is 2.41. The summed E-state index contributed by atoms with van der Waals surface area (Å²) in [7, 11) is -3.26. The second kappa shape index (κ2) is 11.4. The molecular weight excluding hydrogens is 564 g/mol. The molecule has 2 aromatic carbocycles. The summed E-state index contributed by atoms with van der Waals surface area (Å²) < 4.78 is 72.4. The molecule has 1 aliphatic carbocycles. The minimum atomic E-state index is -4.54. The van der Waals surface area contributed by atoms with E-state index in [-0.39, 0.29) is 39.9 Å². The van der Waals surface area contributed by atoms with Crippen molar-refractivity contribution in [3.63, 3.8) is 0 Å². The number of nitrogens with two attached hydrogens (primary N) is 1. The van der Waals surface area contributed by atoms with E-state index in [1.807, 2.05) is 0 Å². The molecule has 12 heteroatoms. The fourth-order valence-corrected chi connectivity index (χ4v) is 7.54. The van der Waals surface area contributed by atoms with Crippen LogP contribution < -0.4 is 19.9 Å². The molecule has 0 radical (unpaired) electrons. The van der Waals surface area contributed by atoms with Crippen LogP contribution in [0.3, 0.4) is 0 Å². The van der Waals surface area contributed by atoms with E-state index in [0.29, 0.717) is 31.4 Å². The molecule has 2 bridgehead atoms. The predicted octanol–water partition coefficient (Wildman–Crippen LogP) is 4.59. The number of benzene rings is 2. The van der Waals surface area contributed by atoms with E-state index < -0.39 is 33.5 Å². The molecule has 3 atom stereocenters. The van der Waals surface area contributed by atoms with Crippen LogP contribution in [0.25, 0.3) is 0 Å². The number of rotatable bonds is 9. The number of hydrogen-bond acceptors (Lipinski definition) is 6. The molecule has 0 spiro atoms. The van der Waals surface area contributed by atoms with Gasteiger partial charge in [-0.2, -0.15) is 13.5 Å². The molecule has 3 aliphatic rings.